The average molecular weight is 251 g/mol. The van der Waals surface area contributed by atoms with E-state index in [2.05, 4.69) is 18.3 Å². The van der Waals surface area contributed by atoms with E-state index < -0.39 is 0 Å². The maximum Gasteiger partial charge on any atom is 0.166 e. The summed E-state index contributed by atoms with van der Waals surface area (Å²) < 4.78 is 16.7. The number of aryl methyl sites for hydroxylation is 1. The number of nitrogens with one attached hydrogen (secondary N) is 1. The Labute approximate surface area is 108 Å². The lowest BCUT2D eigenvalue weighted by atomic mass is 10.0. The Balaban J connectivity index is 2.41. The highest BCUT2D eigenvalue weighted by Crippen LogP contribution is 2.37. The van der Waals surface area contributed by atoms with Crippen molar-refractivity contribution in [2.45, 2.75) is 19.4 Å². The van der Waals surface area contributed by atoms with Crippen LogP contribution in [-0.2, 0) is 11.2 Å². The lowest BCUT2D eigenvalue weighted by Gasteiger charge is -2.26. The van der Waals surface area contributed by atoms with Gasteiger partial charge in [0.1, 0.15) is 0 Å². The molecule has 1 aromatic carbocycles. The van der Waals surface area contributed by atoms with Crippen molar-refractivity contribution < 1.29 is 14.2 Å². The fourth-order valence-electron chi connectivity index (χ4n) is 2.26. The van der Waals surface area contributed by atoms with Gasteiger partial charge < -0.3 is 19.5 Å². The van der Waals surface area contributed by atoms with E-state index in [9.17, 15) is 0 Å². The van der Waals surface area contributed by atoms with Crippen LogP contribution in [0.3, 0.4) is 0 Å². The van der Waals surface area contributed by atoms with Gasteiger partial charge in [-0.25, -0.2) is 0 Å². The van der Waals surface area contributed by atoms with Crippen LogP contribution in [0.5, 0.6) is 11.5 Å². The van der Waals surface area contributed by atoms with Crippen molar-refractivity contribution >= 4 is 0 Å². The van der Waals surface area contributed by atoms with E-state index in [-0.39, 0.29) is 6.10 Å². The van der Waals surface area contributed by atoms with Crippen LogP contribution in [0.15, 0.2) is 12.1 Å². The molecule has 0 bridgehead atoms. The minimum Gasteiger partial charge on any atom is -0.493 e. The number of benzene rings is 1. The fourth-order valence-corrected chi connectivity index (χ4v) is 2.26. The topological polar surface area (TPSA) is 39.7 Å². The van der Waals surface area contributed by atoms with Crippen molar-refractivity contribution in [2.75, 3.05) is 33.9 Å². The number of hydrogen-bond acceptors (Lipinski definition) is 4. The predicted molar refractivity (Wildman–Crippen MR) is 70.5 cm³/mol. The fraction of sp³-hybridized carbons (Fsp3) is 0.571. The second kappa shape index (κ2) is 6.07. The summed E-state index contributed by atoms with van der Waals surface area (Å²) in [6, 6.07) is 4.18. The highest BCUT2D eigenvalue weighted by atomic mass is 16.5. The average Bonchev–Trinajstić information content (AvgIpc) is 2.46. The van der Waals surface area contributed by atoms with E-state index in [0.29, 0.717) is 0 Å². The summed E-state index contributed by atoms with van der Waals surface area (Å²) in [6.45, 7) is 4.58. The summed E-state index contributed by atoms with van der Waals surface area (Å²) >= 11 is 0. The Morgan fingerprint density at radius 3 is 2.72 bits per heavy atom. The molecule has 1 aromatic rings. The van der Waals surface area contributed by atoms with Gasteiger partial charge in [0.25, 0.3) is 0 Å². The van der Waals surface area contributed by atoms with Gasteiger partial charge in [0.2, 0.25) is 0 Å². The molecule has 1 saturated heterocycles. The Hall–Kier alpha value is -1.26. The van der Waals surface area contributed by atoms with Crippen molar-refractivity contribution in [1.29, 1.82) is 0 Å². The molecule has 0 aliphatic carbocycles. The first-order valence-corrected chi connectivity index (χ1v) is 6.37. The van der Waals surface area contributed by atoms with Gasteiger partial charge >= 0.3 is 0 Å². The first kappa shape index (κ1) is 13.2. The molecule has 0 amide bonds. The first-order valence-electron chi connectivity index (χ1n) is 6.37. The van der Waals surface area contributed by atoms with Gasteiger partial charge in [0.05, 0.1) is 26.9 Å². The molecule has 0 radical (unpaired) electrons. The van der Waals surface area contributed by atoms with Crippen LogP contribution in [-0.4, -0.2) is 33.9 Å². The summed E-state index contributed by atoms with van der Waals surface area (Å²) in [4.78, 5) is 0. The molecule has 4 heteroatoms. The molecule has 1 atom stereocenters. The Bertz CT molecular complexity index is 400. The van der Waals surface area contributed by atoms with Gasteiger partial charge in [-0.3, -0.25) is 0 Å². The quantitative estimate of drug-likeness (QED) is 0.887. The van der Waals surface area contributed by atoms with Crippen molar-refractivity contribution in [3.8, 4) is 11.5 Å². The summed E-state index contributed by atoms with van der Waals surface area (Å²) in [7, 11) is 3.34. The number of morpholine rings is 1. The smallest absolute Gasteiger partial charge is 0.166 e. The summed E-state index contributed by atoms with van der Waals surface area (Å²) in [5.74, 6) is 1.56. The van der Waals surface area contributed by atoms with Gasteiger partial charge in [-0.2, -0.15) is 0 Å². The molecule has 2 rings (SSSR count). The van der Waals surface area contributed by atoms with Crippen molar-refractivity contribution in [3.05, 3.63) is 23.3 Å². The van der Waals surface area contributed by atoms with Crippen LogP contribution in [0.4, 0.5) is 0 Å². The first-order chi connectivity index (χ1) is 8.80. The molecule has 0 spiro atoms. The molecular weight excluding hydrogens is 230 g/mol. The third kappa shape index (κ3) is 2.60. The molecule has 0 saturated carbocycles. The minimum absolute atomic E-state index is 0.0362. The normalized spacial score (nSPS) is 19.6. The Morgan fingerprint density at radius 2 is 2.17 bits per heavy atom. The zero-order chi connectivity index (χ0) is 13.0. The van der Waals surface area contributed by atoms with Crippen molar-refractivity contribution in [3.63, 3.8) is 0 Å². The van der Waals surface area contributed by atoms with E-state index >= 15 is 0 Å². The van der Waals surface area contributed by atoms with Gasteiger partial charge in [-0.1, -0.05) is 6.92 Å². The summed E-state index contributed by atoms with van der Waals surface area (Å²) in [5, 5.41) is 3.34. The molecule has 1 unspecified atom stereocenters. The lowest BCUT2D eigenvalue weighted by Crippen LogP contribution is -2.33. The maximum absolute atomic E-state index is 5.81. The minimum atomic E-state index is 0.0362. The molecule has 4 nitrogen and oxygen atoms in total. The molecule has 18 heavy (non-hydrogen) atoms. The molecule has 1 aliphatic rings. The van der Waals surface area contributed by atoms with Gasteiger partial charge in [-0.05, 0) is 24.1 Å². The molecule has 1 aliphatic heterocycles. The largest absolute Gasteiger partial charge is 0.493 e. The van der Waals surface area contributed by atoms with E-state index in [4.69, 9.17) is 14.2 Å². The molecule has 1 fully saturated rings. The summed E-state index contributed by atoms with van der Waals surface area (Å²) in [6.07, 6.45) is 1.00. The monoisotopic (exact) mass is 251 g/mol. The van der Waals surface area contributed by atoms with E-state index in [0.717, 1.165) is 43.2 Å². The number of ether oxygens (including phenoxy) is 3. The second-order valence-electron chi connectivity index (χ2n) is 4.34. The third-order valence-corrected chi connectivity index (χ3v) is 3.25. The number of hydrogen-bond donors (Lipinski definition) is 1. The van der Waals surface area contributed by atoms with Crippen LogP contribution in [0, 0.1) is 0 Å². The van der Waals surface area contributed by atoms with Gasteiger partial charge in [0.15, 0.2) is 11.5 Å². The Kier molecular flexibility index (Phi) is 4.44. The van der Waals surface area contributed by atoms with Crippen LogP contribution >= 0.6 is 0 Å². The van der Waals surface area contributed by atoms with Crippen LogP contribution < -0.4 is 14.8 Å². The predicted octanol–water partition coefficient (Wildman–Crippen LogP) is 1.93. The maximum atomic E-state index is 5.81. The zero-order valence-electron chi connectivity index (χ0n) is 11.3. The zero-order valence-corrected chi connectivity index (χ0v) is 11.3. The van der Waals surface area contributed by atoms with Gasteiger partial charge in [-0.15, -0.1) is 0 Å². The number of methoxy groups -OCH3 is 2. The highest BCUT2D eigenvalue weighted by Gasteiger charge is 2.22. The van der Waals surface area contributed by atoms with E-state index in [1.54, 1.807) is 14.2 Å². The molecule has 100 valence electrons. The van der Waals surface area contributed by atoms with Crippen molar-refractivity contribution in [1.82, 2.24) is 5.32 Å². The lowest BCUT2D eigenvalue weighted by molar-refractivity contribution is 0.0260. The summed E-state index contributed by atoms with van der Waals surface area (Å²) in [5.41, 5.74) is 2.30. The molecule has 1 heterocycles. The molecule has 0 aromatic heterocycles. The third-order valence-electron chi connectivity index (χ3n) is 3.25. The van der Waals surface area contributed by atoms with Crippen LogP contribution in [0.25, 0.3) is 0 Å². The van der Waals surface area contributed by atoms with Crippen LogP contribution in [0.2, 0.25) is 0 Å². The number of rotatable bonds is 4. The van der Waals surface area contributed by atoms with E-state index in [1.807, 2.05) is 6.07 Å². The highest BCUT2D eigenvalue weighted by molar-refractivity contribution is 5.50. The Morgan fingerprint density at radius 1 is 1.33 bits per heavy atom. The van der Waals surface area contributed by atoms with Crippen molar-refractivity contribution in [2.24, 2.45) is 0 Å². The SMILES string of the molecule is CCc1cc(OC)c(OC)c(C2CNCCO2)c1. The van der Waals surface area contributed by atoms with E-state index in [1.165, 1.54) is 5.56 Å². The molecular formula is C14H21NO3. The van der Waals surface area contributed by atoms with Gasteiger partial charge in [0, 0.05) is 18.7 Å². The second-order valence-corrected chi connectivity index (χ2v) is 4.34. The van der Waals surface area contributed by atoms with Crippen LogP contribution in [0.1, 0.15) is 24.2 Å². The molecule has 1 N–H and O–H groups in total. The standard InChI is InChI=1S/C14H21NO3/c1-4-10-7-11(13-9-15-5-6-18-13)14(17-3)12(8-10)16-2/h7-8,13,15H,4-6,9H2,1-3H3.